The predicted molar refractivity (Wildman–Crippen MR) is 179 cm³/mol. The number of aliphatic hydroxyl groups is 3. The normalized spacial score (nSPS) is 29.7. The number of phosphoric ester groups is 2. The molecular formula is C23H32N9O17P3S. The standard InChI is InChI=1S/C23H32N9O17P3S/c1-7-3-31(16-10(7)18(36)29-22(24)27-16)21-15(43-2)13(34)9(47-21)5-45-51(40,41)49-52(42,53)48-50(38,39)44-4-8-12(33)14(35)20(46-8)32-6-26-11-17(32)28-23(25)30-19(11)37/h3,6,8-9,12-15,20-21,33-35H,4-5H2,1-2H3,(H,38,39)(H,40,41)(H,42,53)(H3,24,27,29,36)(H3,25,28,30,37). The quantitative estimate of drug-likeness (QED) is 0.0634. The average Bonchev–Trinajstić information content (AvgIpc) is 3.77. The van der Waals surface area contributed by atoms with Gasteiger partial charge in [0.2, 0.25) is 11.9 Å². The first-order valence-electron chi connectivity index (χ1n) is 14.9. The first kappa shape index (κ1) is 39.6. The number of aliphatic hydroxyl groups excluding tert-OH is 3. The van der Waals surface area contributed by atoms with E-state index in [2.05, 4.69) is 45.3 Å². The van der Waals surface area contributed by atoms with E-state index >= 15 is 0 Å². The fraction of sp³-hybridized carbons (Fsp3) is 0.522. The molecule has 53 heavy (non-hydrogen) atoms. The summed E-state index contributed by atoms with van der Waals surface area (Å²) in [5.41, 5.74) is 10.3. The summed E-state index contributed by atoms with van der Waals surface area (Å²) in [5.74, 6) is -0.485. The number of aromatic amines is 2. The van der Waals surface area contributed by atoms with Gasteiger partial charge in [-0.1, -0.05) is 0 Å². The van der Waals surface area contributed by atoms with Gasteiger partial charge >= 0.3 is 22.4 Å². The second-order valence-electron chi connectivity index (χ2n) is 11.6. The summed E-state index contributed by atoms with van der Waals surface area (Å²) in [6.45, 7) is -5.41. The van der Waals surface area contributed by atoms with Crippen LogP contribution < -0.4 is 22.6 Å². The van der Waals surface area contributed by atoms with Crippen LogP contribution in [0, 0.1) is 6.92 Å². The summed E-state index contributed by atoms with van der Waals surface area (Å²) in [5, 5.41) is 32.1. The zero-order valence-corrected chi connectivity index (χ0v) is 30.5. The number of rotatable bonds is 13. The molecule has 0 radical (unpaired) electrons. The van der Waals surface area contributed by atoms with E-state index in [0.29, 0.717) is 5.56 Å². The number of fused-ring (bicyclic) bond motifs is 2. The van der Waals surface area contributed by atoms with Crippen LogP contribution in [0.1, 0.15) is 18.0 Å². The van der Waals surface area contributed by atoms with Gasteiger partial charge in [0, 0.05) is 13.3 Å². The van der Waals surface area contributed by atoms with Crippen molar-refractivity contribution in [1.29, 1.82) is 0 Å². The summed E-state index contributed by atoms with van der Waals surface area (Å²) >= 11 is 4.60. The van der Waals surface area contributed by atoms with Crippen molar-refractivity contribution in [3.05, 3.63) is 38.8 Å². The van der Waals surface area contributed by atoms with E-state index in [9.17, 15) is 48.7 Å². The van der Waals surface area contributed by atoms with Gasteiger partial charge < -0.3 is 60.2 Å². The molecule has 0 spiro atoms. The molecule has 2 aliphatic rings. The summed E-state index contributed by atoms with van der Waals surface area (Å²) in [7, 11) is -9.67. The van der Waals surface area contributed by atoms with Crippen LogP contribution in [-0.2, 0) is 52.8 Å². The highest BCUT2D eigenvalue weighted by molar-refractivity contribution is 8.09. The van der Waals surface area contributed by atoms with E-state index in [1.807, 2.05) is 0 Å². The molecule has 2 saturated heterocycles. The number of imidazole rings is 1. The number of nitrogen functional groups attached to an aromatic ring is 2. The van der Waals surface area contributed by atoms with Crippen LogP contribution in [0.15, 0.2) is 22.1 Å². The number of hydrogen-bond acceptors (Lipinski definition) is 20. The molecule has 0 saturated carbocycles. The average molecular weight is 832 g/mol. The minimum absolute atomic E-state index is 0.0898. The van der Waals surface area contributed by atoms with Crippen LogP contribution in [0.4, 0.5) is 11.9 Å². The van der Waals surface area contributed by atoms with E-state index in [4.69, 9.17) is 34.7 Å². The van der Waals surface area contributed by atoms with E-state index in [-0.39, 0.29) is 34.1 Å². The molecule has 6 rings (SSSR count). The van der Waals surface area contributed by atoms with Gasteiger partial charge in [0.05, 0.1) is 24.9 Å². The van der Waals surface area contributed by atoms with Gasteiger partial charge in [-0.3, -0.25) is 33.2 Å². The molecule has 26 nitrogen and oxygen atoms in total. The second-order valence-corrected chi connectivity index (χ2v) is 17.6. The zero-order chi connectivity index (χ0) is 38.8. The Labute approximate surface area is 299 Å². The number of nitrogens with zero attached hydrogens (tertiary/aromatic N) is 5. The van der Waals surface area contributed by atoms with Gasteiger partial charge in [-0.15, -0.1) is 0 Å². The molecule has 0 aliphatic carbocycles. The molecule has 11 unspecified atom stereocenters. The Bertz CT molecular complexity index is 2300. The lowest BCUT2D eigenvalue weighted by atomic mass is 10.1. The number of aryl methyl sites for hydroxylation is 1. The molecule has 292 valence electrons. The third kappa shape index (κ3) is 8.03. The lowest BCUT2D eigenvalue weighted by Gasteiger charge is -2.23. The number of aromatic nitrogens is 7. The maximum absolute atomic E-state index is 12.7. The van der Waals surface area contributed by atoms with Gasteiger partial charge in [-0.2, -0.15) is 9.97 Å². The molecule has 0 aromatic carbocycles. The number of ether oxygens (including phenoxy) is 3. The van der Waals surface area contributed by atoms with E-state index < -0.39 is 95.8 Å². The maximum Gasteiger partial charge on any atom is 0.479 e. The number of H-pyrrole nitrogens is 2. The summed E-state index contributed by atoms with van der Waals surface area (Å²) in [6.07, 6.45) is -9.11. The van der Waals surface area contributed by atoms with Crippen molar-refractivity contribution in [2.45, 2.75) is 56.0 Å². The van der Waals surface area contributed by atoms with Crippen molar-refractivity contribution in [2.24, 2.45) is 0 Å². The third-order valence-corrected chi connectivity index (χ3v) is 13.5. The van der Waals surface area contributed by atoms with Crippen LogP contribution in [0.3, 0.4) is 0 Å². The highest BCUT2D eigenvalue weighted by atomic mass is 32.5. The van der Waals surface area contributed by atoms with Gasteiger partial charge in [0.25, 0.3) is 11.1 Å². The molecule has 30 heteroatoms. The van der Waals surface area contributed by atoms with Crippen LogP contribution >= 0.6 is 22.4 Å². The molecular weight excluding hydrogens is 799 g/mol. The summed E-state index contributed by atoms with van der Waals surface area (Å²) in [4.78, 5) is 71.9. The SMILES string of the molecule is COC1C(O)C(COP(=O)(O)OP(O)(=S)OP(=O)(O)OCC2OC(n3cnc4c(=O)[nH]c(N)nc43)C(O)C2O)OC1n1cc(C)c2c(=O)[nH]c(N)nc21. The van der Waals surface area contributed by atoms with Crippen LogP contribution in [0.25, 0.3) is 22.2 Å². The van der Waals surface area contributed by atoms with E-state index in [1.54, 1.807) is 6.92 Å². The van der Waals surface area contributed by atoms with Crippen LogP contribution in [0.5, 0.6) is 0 Å². The van der Waals surface area contributed by atoms with Crippen molar-refractivity contribution in [3.63, 3.8) is 0 Å². The minimum atomic E-state index is -5.47. The van der Waals surface area contributed by atoms with Gasteiger partial charge in [0.1, 0.15) is 36.6 Å². The van der Waals surface area contributed by atoms with Crippen LogP contribution in [0.2, 0.25) is 0 Å². The summed E-state index contributed by atoms with van der Waals surface area (Å²) in [6, 6.07) is 0. The molecule has 12 N–H and O–H groups in total. The van der Waals surface area contributed by atoms with Crippen molar-refractivity contribution in [3.8, 4) is 0 Å². The first-order chi connectivity index (χ1) is 24.7. The molecule has 2 aliphatic heterocycles. The number of phosphoric acid groups is 2. The highest BCUT2D eigenvalue weighted by Crippen LogP contribution is 2.68. The van der Waals surface area contributed by atoms with Gasteiger partial charge in [-0.25, -0.2) is 22.7 Å². The topological polar surface area (TPSA) is 386 Å². The fourth-order valence-corrected chi connectivity index (χ4v) is 10.8. The van der Waals surface area contributed by atoms with Crippen molar-refractivity contribution >= 4 is 68.3 Å². The van der Waals surface area contributed by atoms with Crippen molar-refractivity contribution < 1.29 is 71.0 Å². The zero-order valence-electron chi connectivity index (χ0n) is 27.0. The minimum Gasteiger partial charge on any atom is -0.387 e. The number of nitrogens with one attached hydrogen (secondary N) is 2. The number of anilines is 2. The lowest BCUT2D eigenvalue weighted by molar-refractivity contribution is -0.0574. The van der Waals surface area contributed by atoms with Crippen molar-refractivity contribution in [1.82, 2.24) is 34.1 Å². The molecule has 0 amide bonds. The monoisotopic (exact) mass is 831 g/mol. The van der Waals surface area contributed by atoms with Gasteiger partial charge in [-0.05, 0) is 24.3 Å². The number of methoxy groups -OCH3 is 1. The number of hydrogen-bond donors (Lipinski definition) is 10. The highest BCUT2D eigenvalue weighted by Gasteiger charge is 2.49. The van der Waals surface area contributed by atoms with Gasteiger partial charge in [0.15, 0.2) is 29.3 Å². The van der Waals surface area contributed by atoms with E-state index in [0.717, 1.165) is 10.9 Å². The Hall–Kier alpha value is -3.04. The largest absolute Gasteiger partial charge is 0.479 e. The van der Waals surface area contributed by atoms with E-state index in [1.165, 1.54) is 17.9 Å². The number of nitrogens with two attached hydrogens (primary N) is 2. The Kier molecular flexibility index (Phi) is 10.9. The van der Waals surface area contributed by atoms with Crippen molar-refractivity contribution in [2.75, 3.05) is 31.8 Å². The third-order valence-electron chi connectivity index (χ3n) is 8.03. The Morgan fingerprint density at radius 1 is 0.868 bits per heavy atom. The predicted octanol–water partition coefficient (Wildman–Crippen LogP) is -2.29. The molecule has 6 heterocycles. The Morgan fingerprint density at radius 3 is 2.02 bits per heavy atom. The smallest absolute Gasteiger partial charge is 0.387 e. The fourth-order valence-electron chi connectivity index (χ4n) is 5.77. The molecule has 11 atom stereocenters. The Balaban J connectivity index is 1.06. The second kappa shape index (κ2) is 14.6. The molecule has 4 aromatic rings. The van der Waals surface area contributed by atoms with Crippen LogP contribution in [-0.4, -0.2) is 121 Å². The maximum atomic E-state index is 12.7. The summed E-state index contributed by atoms with van der Waals surface area (Å²) < 4.78 is 63.0. The first-order valence-corrected chi connectivity index (χ1v) is 20.5. The Morgan fingerprint density at radius 2 is 1.42 bits per heavy atom. The molecule has 4 aromatic heterocycles. The lowest BCUT2D eigenvalue weighted by Crippen LogP contribution is -2.35. The molecule has 0 bridgehead atoms. The molecule has 2 fully saturated rings.